The molecule has 0 atom stereocenters. The molecule has 0 saturated carbocycles. The topological polar surface area (TPSA) is 88.7 Å². The number of benzene rings is 1. The molecule has 0 aliphatic carbocycles. The van der Waals surface area contributed by atoms with Crippen molar-refractivity contribution in [2.45, 2.75) is 19.9 Å². The number of anilines is 1. The fourth-order valence-electron chi connectivity index (χ4n) is 1.28. The molecule has 0 unspecified atom stereocenters. The first-order valence-electron chi connectivity index (χ1n) is 5.75. The lowest BCUT2D eigenvalue weighted by Crippen LogP contribution is -2.20. The molecule has 96 valence electrons. The van der Waals surface area contributed by atoms with Crippen molar-refractivity contribution in [1.82, 2.24) is 5.32 Å². The van der Waals surface area contributed by atoms with Crippen LogP contribution in [0.3, 0.4) is 0 Å². The van der Waals surface area contributed by atoms with E-state index in [9.17, 15) is 4.79 Å². The average molecular weight is 254 g/mol. The summed E-state index contributed by atoms with van der Waals surface area (Å²) < 4.78 is 0. The molecule has 1 rings (SSSR count). The fraction of sp³-hybridized carbons (Fsp3) is 0.214. The molecular weight excluding hydrogens is 240 g/mol. The number of nitriles is 2. The van der Waals surface area contributed by atoms with Crippen LogP contribution in [0.25, 0.3) is 0 Å². The van der Waals surface area contributed by atoms with E-state index in [1.54, 1.807) is 24.3 Å². The Labute approximate surface area is 112 Å². The van der Waals surface area contributed by atoms with E-state index in [2.05, 4.69) is 10.6 Å². The summed E-state index contributed by atoms with van der Waals surface area (Å²) in [5.74, 6) is -0.543. The SMILES string of the molecule is CC(C)N/C=C(/C#N)C(=O)Nc1ccccc1C#N. The largest absolute Gasteiger partial charge is 0.387 e. The molecule has 0 aromatic heterocycles. The van der Waals surface area contributed by atoms with Gasteiger partial charge in [-0.15, -0.1) is 0 Å². The maximum Gasteiger partial charge on any atom is 0.267 e. The van der Waals surface area contributed by atoms with E-state index in [4.69, 9.17) is 10.5 Å². The Morgan fingerprint density at radius 2 is 2.00 bits per heavy atom. The fourth-order valence-corrected chi connectivity index (χ4v) is 1.28. The molecule has 1 aromatic rings. The first kappa shape index (κ1) is 14.3. The molecule has 0 bridgehead atoms. The van der Waals surface area contributed by atoms with Crippen LogP contribution in [0.2, 0.25) is 0 Å². The van der Waals surface area contributed by atoms with Gasteiger partial charge in [-0.2, -0.15) is 10.5 Å². The molecular formula is C14H14N4O. The number of amides is 1. The molecule has 0 aliphatic rings. The van der Waals surface area contributed by atoms with E-state index >= 15 is 0 Å². The molecule has 1 aromatic carbocycles. The predicted octanol–water partition coefficient (Wildman–Crippen LogP) is 1.90. The van der Waals surface area contributed by atoms with Crippen LogP contribution in [0.1, 0.15) is 19.4 Å². The van der Waals surface area contributed by atoms with Gasteiger partial charge in [0.15, 0.2) is 0 Å². The lowest BCUT2D eigenvalue weighted by atomic mass is 10.2. The molecule has 0 fully saturated rings. The normalized spacial score (nSPS) is 10.5. The quantitative estimate of drug-likeness (QED) is 0.634. The van der Waals surface area contributed by atoms with Gasteiger partial charge in [-0.05, 0) is 26.0 Å². The molecule has 1 amide bonds. The van der Waals surface area contributed by atoms with Gasteiger partial charge in [0, 0.05) is 12.2 Å². The van der Waals surface area contributed by atoms with E-state index in [0.29, 0.717) is 11.3 Å². The van der Waals surface area contributed by atoms with Crippen LogP contribution in [0.5, 0.6) is 0 Å². The summed E-state index contributed by atoms with van der Waals surface area (Å²) in [4.78, 5) is 11.9. The van der Waals surface area contributed by atoms with Gasteiger partial charge >= 0.3 is 0 Å². The van der Waals surface area contributed by atoms with Crippen LogP contribution in [-0.4, -0.2) is 11.9 Å². The third kappa shape index (κ3) is 4.18. The van der Waals surface area contributed by atoms with E-state index in [1.165, 1.54) is 6.20 Å². The van der Waals surface area contributed by atoms with Crippen molar-refractivity contribution in [3.8, 4) is 12.1 Å². The van der Waals surface area contributed by atoms with E-state index in [0.717, 1.165) is 0 Å². The van der Waals surface area contributed by atoms with Crippen molar-refractivity contribution in [1.29, 1.82) is 10.5 Å². The summed E-state index contributed by atoms with van der Waals surface area (Å²) in [7, 11) is 0. The Hall–Kier alpha value is -2.79. The van der Waals surface area contributed by atoms with Gasteiger partial charge in [-0.25, -0.2) is 0 Å². The summed E-state index contributed by atoms with van der Waals surface area (Å²) in [6.07, 6.45) is 1.37. The number of hydrogen-bond donors (Lipinski definition) is 2. The highest BCUT2D eigenvalue weighted by Gasteiger charge is 2.11. The highest BCUT2D eigenvalue weighted by Crippen LogP contribution is 2.14. The zero-order chi connectivity index (χ0) is 14.3. The number of hydrogen-bond acceptors (Lipinski definition) is 4. The number of carbonyl (C=O) groups is 1. The van der Waals surface area contributed by atoms with Crippen LogP contribution in [0.4, 0.5) is 5.69 Å². The second kappa shape index (κ2) is 6.83. The molecule has 2 N–H and O–H groups in total. The number of carbonyl (C=O) groups excluding carboxylic acids is 1. The van der Waals surface area contributed by atoms with Crippen molar-refractivity contribution in [2.24, 2.45) is 0 Å². The van der Waals surface area contributed by atoms with Gasteiger partial charge < -0.3 is 10.6 Å². The van der Waals surface area contributed by atoms with Crippen LogP contribution in [0, 0.1) is 22.7 Å². The smallest absolute Gasteiger partial charge is 0.267 e. The minimum atomic E-state index is -0.543. The number of para-hydroxylation sites is 1. The molecule has 0 spiro atoms. The number of nitrogens with one attached hydrogen (secondary N) is 2. The van der Waals surface area contributed by atoms with Crippen molar-refractivity contribution in [2.75, 3.05) is 5.32 Å². The summed E-state index contributed by atoms with van der Waals surface area (Å²) in [5, 5.41) is 23.3. The molecule has 5 heteroatoms. The molecule has 19 heavy (non-hydrogen) atoms. The maximum absolute atomic E-state index is 11.9. The van der Waals surface area contributed by atoms with E-state index in [1.807, 2.05) is 26.0 Å². The highest BCUT2D eigenvalue weighted by atomic mass is 16.1. The van der Waals surface area contributed by atoms with Gasteiger partial charge in [-0.3, -0.25) is 4.79 Å². The summed E-state index contributed by atoms with van der Waals surface area (Å²) in [5.41, 5.74) is 0.701. The number of rotatable bonds is 4. The molecule has 5 nitrogen and oxygen atoms in total. The monoisotopic (exact) mass is 254 g/mol. The van der Waals surface area contributed by atoms with Crippen molar-refractivity contribution < 1.29 is 4.79 Å². The highest BCUT2D eigenvalue weighted by molar-refractivity contribution is 6.07. The van der Waals surface area contributed by atoms with Crippen molar-refractivity contribution in [3.63, 3.8) is 0 Å². The maximum atomic E-state index is 11.9. The van der Waals surface area contributed by atoms with Gasteiger partial charge in [-0.1, -0.05) is 12.1 Å². The Bertz CT molecular complexity index is 576. The first-order valence-corrected chi connectivity index (χ1v) is 5.75. The summed E-state index contributed by atoms with van der Waals surface area (Å²) in [6, 6.07) is 10.5. The zero-order valence-corrected chi connectivity index (χ0v) is 10.8. The Kier molecular flexibility index (Phi) is 5.13. The van der Waals surface area contributed by atoms with Gasteiger partial charge in [0.05, 0.1) is 11.3 Å². The molecule has 0 radical (unpaired) electrons. The van der Waals surface area contributed by atoms with Crippen LogP contribution < -0.4 is 10.6 Å². The summed E-state index contributed by atoms with van der Waals surface area (Å²) in [6.45, 7) is 3.79. The third-order valence-corrected chi connectivity index (χ3v) is 2.22. The summed E-state index contributed by atoms with van der Waals surface area (Å²) >= 11 is 0. The lowest BCUT2D eigenvalue weighted by molar-refractivity contribution is -0.112. The van der Waals surface area contributed by atoms with Gasteiger partial charge in [0.1, 0.15) is 17.7 Å². The Balaban J connectivity index is 2.87. The molecule has 0 saturated heterocycles. The van der Waals surface area contributed by atoms with E-state index in [-0.39, 0.29) is 11.6 Å². The second-order valence-electron chi connectivity index (χ2n) is 4.10. The molecule has 0 aliphatic heterocycles. The molecule has 0 heterocycles. The zero-order valence-electron chi connectivity index (χ0n) is 10.8. The average Bonchev–Trinajstić information content (AvgIpc) is 2.39. The first-order chi connectivity index (χ1) is 9.08. The standard InChI is InChI=1S/C14H14N4O/c1-10(2)17-9-12(8-16)14(19)18-13-6-4-3-5-11(13)7-15/h3-6,9-10,17H,1-2H3,(H,18,19)/b12-9-. The third-order valence-electron chi connectivity index (χ3n) is 2.22. The predicted molar refractivity (Wildman–Crippen MR) is 71.8 cm³/mol. The number of nitrogens with zero attached hydrogens (tertiary/aromatic N) is 2. The second-order valence-corrected chi connectivity index (χ2v) is 4.10. The van der Waals surface area contributed by atoms with Crippen molar-refractivity contribution in [3.05, 3.63) is 41.6 Å². The van der Waals surface area contributed by atoms with Crippen LogP contribution in [-0.2, 0) is 4.79 Å². The van der Waals surface area contributed by atoms with Gasteiger partial charge in [0.2, 0.25) is 0 Å². The Morgan fingerprint density at radius 3 is 2.58 bits per heavy atom. The van der Waals surface area contributed by atoms with Crippen molar-refractivity contribution >= 4 is 11.6 Å². The minimum absolute atomic E-state index is 0.0403. The van der Waals surface area contributed by atoms with Crippen LogP contribution in [0.15, 0.2) is 36.0 Å². The van der Waals surface area contributed by atoms with E-state index < -0.39 is 5.91 Å². The Morgan fingerprint density at radius 1 is 1.32 bits per heavy atom. The minimum Gasteiger partial charge on any atom is -0.387 e. The van der Waals surface area contributed by atoms with Gasteiger partial charge in [0.25, 0.3) is 5.91 Å². The lowest BCUT2D eigenvalue weighted by Gasteiger charge is -2.07. The van der Waals surface area contributed by atoms with Crippen LogP contribution >= 0.6 is 0 Å².